The molecule has 0 saturated heterocycles. The van der Waals surface area contributed by atoms with Crippen LogP contribution >= 0.6 is 30.9 Å². The van der Waals surface area contributed by atoms with E-state index in [0.29, 0.717) is 19.1 Å². The van der Waals surface area contributed by atoms with Gasteiger partial charge in [-0.15, -0.1) is 23.2 Å². The maximum absolute atomic E-state index is 11.4. The second-order valence-electron chi connectivity index (χ2n) is 4.64. The van der Waals surface area contributed by atoms with E-state index in [0.717, 1.165) is 0 Å². The zero-order valence-electron chi connectivity index (χ0n) is 12.1. The summed E-state index contributed by atoms with van der Waals surface area (Å²) < 4.78 is 17.4. The predicted octanol–water partition coefficient (Wildman–Crippen LogP) is 3.18. The Morgan fingerprint density at radius 3 is 2.05 bits per heavy atom. The van der Waals surface area contributed by atoms with Gasteiger partial charge in [-0.2, -0.15) is 0 Å². The molecule has 0 radical (unpaired) electrons. The summed E-state index contributed by atoms with van der Waals surface area (Å²) in [5.74, 6) is 0.545. The van der Waals surface area contributed by atoms with Crippen LogP contribution in [0.15, 0.2) is 0 Å². The summed E-state index contributed by atoms with van der Waals surface area (Å²) in [6, 6.07) is 0.536. The molecular formula is C12H27Cl2N2O3P. The van der Waals surface area contributed by atoms with Crippen LogP contribution in [0.3, 0.4) is 0 Å². The maximum Gasteiger partial charge on any atom is 0.405 e. The van der Waals surface area contributed by atoms with Crippen LogP contribution in [0.5, 0.6) is 0 Å². The molecule has 8 heteroatoms. The van der Waals surface area contributed by atoms with Crippen molar-refractivity contribution in [1.82, 2.24) is 4.67 Å². The monoisotopic (exact) mass is 348 g/mol. The second-order valence-corrected chi connectivity index (χ2v) is 7.20. The molecule has 0 aliphatic heterocycles. The molecule has 0 bridgehead atoms. The van der Waals surface area contributed by atoms with Crippen molar-refractivity contribution in [3.63, 3.8) is 0 Å². The SMILES string of the molecule is CCOP(=O)(O)N(CCCl)CCCl.NC1CCCCC1. The molecule has 1 fully saturated rings. The molecule has 0 aromatic rings. The highest BCUT2D eigenvalue weighted by molar-refractivity contribution is 7.50. The lowest BCUT2D eigenvalue weighted by Crippen LogP contribution is -2.25. The topological polar surface area (TPSA) is 75.8 Å². The molecule has 0 spiro atoms. The minimum atomic E-state index is -3.67. The maximum atomic E-state index is 11.4. The van der Waals surface area contributed by atoms with Crippen molar-refractivity contribution in [2.24, 2.45) is 5.73 Å². The Kier molecular flexibility index (Phi) is 12.6. The van der Waals surface area contributed by atoms with Crippen molar-refractivity contribution in [3.8, 4) is 0 Å². The van der Waals surface area contributed by atoms with Crippen molar-refractivity contribution in [3.05, 3.63) is 0 Å². The predicted molar refractivity (Wildman–Crippen MR) is 85.5 cm³/mol. The van der Waals surface area contributed by atoms with Crippen molar-refractivity contribution in [2.75, 3.05) is 31.5 Å². The van der Waals surface area contributed by atoms with E-state index in [1.165, 1.54) is 36.8 Å². The standard InChI is InChI=1S/C6H14Cl2NO3P.C6H13N/c1-2-12-13(10,11)9(5-3-7)6-4-8;7-6-4-2-1-3-5-6/h2-6H2,1H3,(H,10,11);6H,1-5,7H2. The Labute approximate surface area is 132 Å². The Hall–Kier alpha value is 0.650. The fraction of sp³-hybridized carbons (Fsp3) is 1.00. The quantitative estimate of drug-likeness (QED) is 0.545. The summed E-state index contributed by atoms with van der Waals surface area (Å²) in [7, 11) is -3.67. The summed E-state index contributed by atoms with van der Waals surface area (Å²) in [4.78, 5) is 9.38. The molecule has 20 heavy (non-hydrogen) atoms. The highest BCUT2D eigenvalue weighted by Gasteiger charge is 2.27. The highest BCUT2D eigenvalue weighted by atomic mass is 35.5. The van der Waals surface area contributed by atoms with E-state index in [9.17, 15) is 9.46 Å². The lowest BCUT2D eigenvalue weighted by atomic mass is 9.97. The molecule has 0 amide bonds. The van der Waals surface area contributed by atoms with Crippen LogP contribution in [0.2, 0.25) is 0 Å². The minimum Gasteiger partial charge on any atom is -0.328 e. The van der Waals surface area contributed by atoms with Crippen molar-refractivity contribution >= 4 is 30.9 Å². The van der Waals surface area contributed by atoms with Gasteiger partial charge in [0.1, 0.15) is 0 Å². The summed E-state index contributed by atoms with van der Waals surface area (Å²) in [5.41, 5.74) is 5.63. The number of hydrogen-bond donors (Lipinski definition) is 2. The Balaban J connectivity index is 0.000000428. The average molecular weight is 349 g/mol. The van der Waals surface area contributed by atoms with E-state index in [1.807, 2.05) is 0 Å². The molecule has 1 rings (SSSR count). The molecule has 1 aliphatic rings. The first kappa shape index (κ1) is 20.6. The number of rotatable bonds is 7. The third-order valence-electron chi connectivity index (χ3n) is 2.99. The fourth-order valence-corrected chi connectivity index (χ4v) is 3.79. The van der Waals surface area contributed by atoms with Crippen molar-refractivity contribution in [1.29, 1.82) is 0 Å². The number of nitrogens with two attached hydrogens (primary N) is 1. The van der Waals surface area contributed by atoms with Gasteiger partial charge in [0, 0.05) is 30.9 Å². The lowest BCUT2D eigenvalue weighted by molar-refractivity contribution is 0.216. The van der Waals surface area contributed by atoms with Gasteiger partial charge in [-0.05, 0) is 19.8 Å². The smallest absolute Gasteiger partial charge is 0.328 e. The second kappa shape index (κ2) is 12.2. The normalized spacial score (nSPS) is 19.3. The molecule has 3 N–H and O–H groups in total. The molecule has 1 aliphatic carbocycles. The molecule has 122 valence electrons. The number of alkyl halides is 2. The highest BCUT2D eigenvalue weighted by Crippen LogP contribution is 2.45. The van der Waals surface area contributed by atoms with Gasteiger partial charge in [0.25, 0.3) is 0 Å². The lowest BCUT2D eigenvalue weighted by Gasteiger charge is -2.24. The van der Waals surface area contributed by atoms with Gasteiger partial charge < -0.3 is 10.6 Å². The number of nitrogens with zero attached hydrogens (tertiary/aromatic N) is 1. The van der Waals surface area contributed by atoms with Gasteiger partial charge in [0.05, 0.1) is 6.61 Å². The summed E-state index contributed by atoms with van der Waals surface area (Å²) in [6.07, 6.45) is 6.66. The molecule has 0 aromatic heterocycles. The van der Waals surface area contributed by atoms with E-state index in [2.05, 4.69) is 0 Å². The Morgan fingerprint density at radius 1 is 1.25 bits per heavy atom. The molecule has 1 atom stereocenters. The van der Waals surface area contributed by atoms with Gasteiger partial charge >= 0.3 is 7.75 Å². The largest absolute Gasteiger partial charge is 0.405 e. The van der Waals surface area contributed by atoms with Gasteiger partial charge in [0.2, 0.25) is 0 Å². The molecule has 1 unspecified atom stereocenters. The van der Waals surface area contributed by atoms with Crippen LogP contribution in [-0.2, 0) is 9.09 Å². The van der Waals surface area contributed by atoms with E-state index in [-0.39, 0.29) is 18.4 Å². The summed E-state index contributed by atoms with van der Waals surface area (Å²) in [5, 5.41) is 0. The van der Waals surface area contributed by atoms with Gasteiger partial charge in [0.15, 0.2) is 0 Å². The first-order valence-corrected chi connectivity index (χ1v) is 9.68. The van der Waals surface area contributed by atoms with E-state index >= 15 is 0 Å². The van der Waals surface area contributed by atoms with Gasteiger partial charge in [-0.3, -0.25) is 4.52 Å². The van der Waals surface area contributed by atoms with Crippen LogP contribution < -0.4 is 5.73 Å². The minimum absolute atomic E-state index is 0.189. The molecular weight excluding hydrogens is 322 g/mol. The van der Waals surface area contributed by atoms with Crippen LogP contribution in [-0.4, -0.2) is 47.1 Å². The first-order valence-electron chi connectivity index (χ1n) is 7.08. The zero-order valence-corrected chi connectivity index (χ0v) is 14.5. The van der Waals surface area contributed by atoms with E-state index < -0.39 is 7.75 Å². The number of halogens is 2. The average Bonchev–Trinajstić information content (AvgIpc) is 2.40. The molecule has 0 heterocycles. The van der Waals surface area contributed by atoms with E-state index in [1.54, 1.807) is 6.92 Å². The molecule has 0 aromatic carbocycles. The van der Waals surface area contributed by atoms with E-state index in [4.69, 9.17) is 33.5 Å². The van der Waals surface area contributed by atoms with Crippen molar-refractivity contribution in [2.45, 2.75) is 45.1 Å². The van der Waals surface area contributed by atoms with Crippen LogP contribution in [0.1, 0.15) is 39.0 Å². The van der Waals surface area contributed by atoms with Gasteiger partial charge in [-0.1, -0.05) is 19.3 Å². The Bertz CT molecular complexity index is 273. The summed E-state index contributed by atoms with van der Waals surface area (Å²) in [6.45, 7) is 2.43. The summed E-state index contributed by atoms with van der Waals surface area (Å²) >= 11 is 10.9. The van der Waals surface area contributed by atoms with Crippen LogP contribution in [0.4, 0.5) is 0 Å². The molecule has 1 saturated carbocycles. The van der Waals surface area contributed by atoms with Crippen LogP contribution in [0, 0.1) is 0 Å². The third kappa shape index (κ3) is 9.56. The molecule has 5 nitrogen and oxygen atoms in total. The van der Waals surface area contributed by atoms with Gasteiger partial charge in [-0.25, -0.2) is 9.24 Å². The fourth-order valence-electron chi connectivity index (χ4n) is 1.94. The Morgan fingerprint density at radius 2 is 1.75 bits per heavy atom. The first-order chi connectivity index (χ1) is 9.47. The third-order valence-corrected chi connectivity index (χ3v) is 5.04. The van der Waals surface area contributed by atoms with Crippen molar-refractivity contribution < 1.29 is 14.0 Å². The number of hydrogen-bond acceptors (Lipinski definition) is 3. The van der Waals surface area contributed by atoms with Crippen LogP contribution in [0.25, 0.3) is 0 Å². The zero-order chi connectivity index (χ0) is 15.4.